The Morgan fingerprint density at radius 3 is 2.36 bits per heavy atom. The third-order valence-electron chi connectivity index (χ3n) is 5.37. The number of benzene rings is 1. The van der Waals surface area contributed by atoms with Crippen LogP contribution in [0, 0.1) is 5.92 Å². The fraction of sp³-hybridized carbons (Fsp3) is 0.579. The van der Waals surface area contributed by atoms with Gasteiger partial charge in [-0.3, -0.25) is 14.5 Å². The first kappa shape index (κ1) is 20.8. The van der Waals surface area contributed by atoms with Crippen LogP contribution in [0.2, 0.25) is 0 Å². The molecule has 2 aliphatic rings. The maximum Gasteiger partial charge on any atom is 0.243 e. The molecule has 1 aromatic rings. The second-order valence-electron chi connectivity index (χ2n) is 7.51. The second kappa shape index (κ2) is 9.02. The average Bonchev–Trinajstić information content (AvgIpc) is 2.69. The molecule has 3 rings (SSSR count). The first-order chi connectivity index (χ1) is 13.4. The van der Waals surface area contributed by atoms with E-state index in [9.17, 15) is 18.0 Å². The Morgan fingerprint density at radius 2 is 1.71 bits per heavy atom. The van der Waals surface area contributed by atoms with Crippen molar-refractivity contribution >= 4 is 27.5 Å². The van der Waals surface area contributed by atoms with Gasteiger partial charge in [0.2, 0.25) is 21.8 Å². The molecule has 9 heteroatoms. The summed E-state index contributed by atoms with van der Waals surface area (Å²) in [5.74, 6) is -0.729. The number of nitrogens with two attached hydrogens (primary N) is 1. The molecule has 2 aliphatic heterocycles. The second-order valence-corrected chi connectivity index (χ2v) is 9.45. The summed E-state index contributed by atoms with van der Waals surface area (Å²) in [6, 6.07) is 6.28. The highest BCUT2D eigenvalue weighted by Crippen LogP contribution is 2.22. The minimum Gasteiger partial charge on any atom is -0.369 e. The van der Waals surface area contributed by atoms with Gasteiger partial charge in [0.1, 0.15) is 0 Å². The lowest BCUT2D eigenvalue weighted by molar-refractivity contribution is -0.125. The molecule has 1 unspecified atom stereocenters. The summed E-state index contributed by atoms with van der Waals surface area (Å²) in [7, 11) is -3.48. The van der Waals surface area contributed by atoms with Gasteiger partial charge < -0.3 is 11.1 Å². The smallest absolute Gasteiger partial charge is 0.243 e. The zero-order valence-corrected chi connectivity index (χ0v) is 16.8. The Kier molecular flexibility index (Phi) is 6.69. The summed E-state index contributed by atoms with van der Waals surface area (Å²) in [4.78, 5) is 25.8. The van der Waals surface area contributed by atoms with Gasteiger partial charge in [-0.05, 0) is 56.5 Å². The number of likely N-dealkylation sites (tertiary alicyclic amines) is 1. The van der Waals surface area contributed by atoms with Crippen LogP contribution in [0.1, 0.15) is 32.1 Å². The summed E-state index contributed by atoms with van der Waals surface area (Å²) < 4.78 is 26.9. The first-order valence-electron chi connectivity index (χ1n) is 9.78. The molecule has 0 spiro atoms. The molecule has 3 N–H and O–H groups in total. The van der Waals surface area contributed by atoms with Crippen LogP contribution >= 0.6 is 0 Å². The quantitative estimate of drug-likeness (QED) is 0.729. The molecule has 8 nitrogen and oxygen atoms in total. The van der Waals surface area contributed by atoms with Crippen molar-refractivity contribution in [3.05, 3.63) is 24.3 Å². The Balaban J connectivity index is 1.56. The third kappa shape index (κ3) is 5.09. The number of anilines is 1. The van der Waals surface area contributed by atoms with Crippen molar-refractivity contribution in [3.63, 3.8) is 0 Å². The van der Waals surface area contributed by atoms with Gasteiger partial charge >= 0.3 is 0 Å². The molecule has 0 aliphatic carbocycles. The summed E-state index contributed by atoms with van der Waals surface area (Å²) in [5, 5.41) is 2.79. The van der Waals surface area contributed by atoms with Crippen LogP contribution in [0.5, 0.6) is 0 Å². The molecule has 2 amide bonds. The number of piperidine rings is 2. The van der Waals surface area contributed by atoms with Gasteiger partial charge in [-0.1, -0.05) is 6.42 Å². The van der Waals surface area contributed by atoms with E-state index >= 15 is 0 Å². The van der Waals surface area contributed by atoms with E-state index in [2.05, 4.69) is 5.32 Å². The predicted octanol–water partition coefficient (Wildman–Crippen LogP) is 0.997. The van der Waals surface area contributed by atoms with Crippen LogP contribution in [0.4, 0.5) is 5.69 Å². The molecule has 28 heavy (non-hydrogen) atoms. The average molecular weight is 409 g/mol. The topological polar surface area (TPSA) is 113 Å². The van der Waals surface area contributed by atoms with E-state index in [1.807, 2.05) is 4.90 Å². The number of nitrogens with one attached hydrogen (secondary N) is 1. The van der Waals surface area contributed by atoms with E-state index in [0.29, 0.717) is 25.3 Å². The van der Waals surface area contributed by atoms with E-state index in [1.54, 1.807) is 12.1 Å². The molecule has 0 bridgehead atoms. The number of amides is 2. The maximum atomic E-state index is 12.7. The summed E-state index contributed by atoms with van der Waals surface area (Å²) in [5.41, 5.74) is 5.92. The zero-order valence-electron chi connectivity index (χ0n) is 16.0. The van der Waals surface area contributed by atoms with E-state index in [-0.39, 0.29) is 29.2 Å². The Morgan fingerprint density at radius 1 is 1.04 bits per heavy atom. The number of rotatable bonds is 6. The molecule has 0 radical (unpaired) electrons. The number of primary amides is 1. The lowest BCUT2D eigenvalue weighted by Gasteiger charge is -2.30. The molecular formula is C19H28N4O4S. The lowest BCUT2D eigenvalue weighted by atomic mass is 9.97. The van der Waals surface area contributed by atoms with E-state index in [1.165, 1.54) is 16.4 Å². The number of sulfonamides is 1. The SMILES string of the molecule is NC(=O)C1CCCN(CC(=O)Nc2ccc(S(=O)(=O)N3CCCCC3)cc2)C1. The number of hydrogen-bond donors (Lipinski definition) is 2. The number of hydrogen-bond acceptors (Lipinski definition) is 5. The highest BCUT2D eigenvalue weighted by Gasteiger charge is 2.26. The molecule has 2 saturated heterocycles. The highest BCUT2D eigenvalue weighted by molar-refractivity contribution is 7.89. The predicted molar refractivity (Wildman–Crippen MR) is 106 cm³/mol. The zero-order chi connectivity index (χ0) is 20.1. The van der Waals surface area contributed by atoms with Gasteiger partial charge in [-0.25, -0.2) is 8.42 Å². The van der Waals surface area contributed by atoms with Gasteiger partial charge in [0.15, 0.2) is 0 Å². The normalized spacial score (nSPS) is 21.9. The van der Waals surface area contributed by atoms with E-state index in [0.717, 1.165) is 38.6 Å². The monoisotopic (exact) mass is 408 g/mol. The minimum atomic E-state index is -3.48. The van der Waals surface area contributed by atoms with Crippen molar-refractivity contribution in [1.82, 2.24) is 9.21 Å². The Hall–Kier alpha value is -1.97. The molecule has 1 atom stereocenters. The van der Waals surface area contributed by atoms with Crippen LogP contribution in [0.3, 0.4) is 0 Å². The van der Waals surface area contributed by atoms with Crippen LogP contribution in [0.15, 0.2) is 29.2 Å². The van der Waals surface area contributed by atoms with E-state index < -0.39 is 10.0 Å². The number of carbonyl (C=O) groups excluding carboxylic acids is 2. The van der Waals surface area contributed by atoms with Crippen LogP contribution < -0.4 is 11.1 Å². The van der Waals surface area contributed by atoms with Gasteiger partial charge in [-0.2, -0.15) is 4.31 Å². The highest BCUT2D eigenvalue weighted by atomic mass is 32.2. The van der Waals surface area contributed by atoms with Crippen LogP contribution in [-0.2, 0) is 19.6 Å². The minimum absolute atomic E-state index is 0.178. The maximum absolute atomic E-state index is 12.7. The van der Waals surface area contributed by atoms with Crippen LogP contribution in [0.25, 0.3) is 0 Å². The van der Waals surface area contributed by atoms with Crippen molar-refractivity contribution in [1.29, 1.82) is 0 Å². The molecule has 0 aromatic heterocycles. The van der Waals surface area contributed by atoms with Gasteiger partial charge in [-0.15, -0.1) is 0 Å². The summed E-state index contributed by atoms with van der Waals surface area (Å²) >= 11 is 0. The summed E-state index contributed by atoms with van der Waals surface area (Å²) in [6.07, 6.45) is 4.44. The fourth-order valence-electron chi connectivity index (χ4n) is 3.80. The van der Waals surface area contributed by atoms with Gasteiger partial charge in [0, 0.05) is 25.3 Å². The Bertz CT molecular complexity index is 804. The molecular weight excluding hydrogens is 380 g/mol. The Labute approximate surface area is 166 Å². The largest absolute Gasteiger partial charge is 0.369 e. The van der Waals surface area contributed by atoms with Crippen LogP contribution in [-0.4, -0.2) is 62.2 Å². The first-order valence-corrected chi connectivity index (χ1v) is 11.2. The van der Waals surface area contributed by atoms with Gasteiger partial charge in [0.05, 0.1) is 17.4 Å². The van der Waals surface area contributed by atoms with Crippen molar-refractivity contribution < 1.29 is 18.0 Å². The van der Waals surface area contributed by atoms with Crippen molar-refractivity contribution in [2.24, 2.45) is 11.7 Å². The number of carbonyl (C=O) groups is 2. The van der Waals surface area contributed by atoms with Crippen molar-refractivity contribution in [3.8, 4) is 0 Å². The standard InChI is InChI=1S/C19H28N4O4S/c20-19(25)15-5-4-10-22(13-15)14-18(24)21-16-6-8-17(9-7-16)28(26,27)23-11-2-1-3-12-23/h6-9,15H,1-5,10-14H2,(H2,20,25)(H,21,24). The molecule has 1 aromatic carbocycles. The van der Waals surface area contributed by atoms with Gasteiger partial charge in [0.25, 0.3) is 0 Å². The fourth-order valence-corrected chi connectivity index (χ4v) is 5.32. The van der Waals surface area contributed by atoms with E-state index in [4.69, 9.17) is 5.73 Å². The number of nitrogens with zero attached hydrogens (tertiary/aromatic N) is 2. The lowest BCUT2D eigenvalue weighted by Crippen LogP contribution is -2.44. The molecule has 154 valence electrons. The third-order valence-corrected chi connectivity index (χ3v) is 7.28. The van der Waals surface area contributed by atoms with Crippen molar-refractivity contribution in [2.75, 3.05) is 38.0 Å². The molecule has 0 saturated carbocycles. The summed E-state index contributed by atoms with van der Waals surface area (Å²) in [6.45, 7) is 2.55. The molecule has 2 fully saturated rings. The molecule has 2 heterocycles. The van der Waals surface area contributed by atoms with Crippen molar-refractivity contribution in [2.45, 2.75) is 37.0 Å².